The molecule has 86 valence electrons. The van der Waals surface area contributed by atoms with Crippen LogP contribution in [0.5, 0.6) is 5.75 Å². The zero-order chi connectivity index (χ0) is 11.4. The molecule has 0 spiro atoms. The van der Waals surface area contributed by atoms with Crippen LogP contribution in [0, 0.1) is 0 Å². The summed E-state index contributed by atoms with van der Waals surface area (Å²) >= 11 is 0. The van der Waals surface area contributed by atoms with E-state index in [0.717, 1.165) is 36.9 Å². The number of hydrogen-bond donors (Lipinski definition) is 1. The highest BCUT2D eigenvalue weighted by atomic mass is 16.5. The van der Waals surface area contributed by atoms with Crippen molar-refractivity contribution in [3.05, 3.63) is 29.8 Å². The van der Waals surface area contributed by atoms with Crippen LogP contribution in [0.15, 0.2) is 29.3 Å². The Kier molecular flexibility index (Phi) is 3.29. The second-order valence-electron chi connectivity index (χ2n) is 3.79. The van der Waals surface area contributed by atoms with Crippen LogP contribution in [0.2, 0.25) is 0 Å². The summed E-state index contributed by atoms with van der Waals surface area (Å²) in [6, 6.07) is 8.01. The molecule has 2 rings (SSSR count). The van der Waals surface area contributed by atoms with Crippen molar-refractivity contribution < 1.29 is 4.74 Å². The van der Waals surface area contributed by atoms with Crippen molar-refractivity contribution in [2.24, 2.45) is 4.99 Å². The Morgan fingerprint density at radius 1 is 1.44 bits per heavy atom. The molecular formula is C12H17N3O. The molecule has 1 heterocycles. The molecule has 1 aliphatic heterocycles. The van der Waals surface area contributed by atoms with Crippen molar-refractivity contribution in [3.8, 4) is 5.75 Å². The van der Waals surface area contributed by atoms with Gasteiger partial charge in [-0.3, -0.25) is 4.99 Å². The number of benzene rings is 1. The van der Waals surface area contributed by atoms with Crippen LogP contribution in [-0.2, 0) is 6.54 Å². The van der Waals surface area contributed by atoms with Gasteiger partial charge in [-0.2, -0.15) is 0 Å². The molecule has 0 saturated carbocycles. The molecule has 1 aliphatic rings. The van der Waals surface area contributed by atoms with Gasteiger partial charge in [0.15, 0.2) is 5.96 Å². The highest BCUT2D eigenvalue weighted by Gasteiger charge is 2.12. The number of hydrogen-bond acceptors (Lipinski definition) is 4. The summed E-state index contributed by atoms with van der Waals surface area (Å²) in [6.07, 6.45) is 0. The van der Waals surface area contributed by atoms with Crippen LogP contribution in [0.3, 0.4) is 0 Å². The zero-order valence-electron chi connectivity index (χ0n) is 9.73. The minimum absolute atomic E-state index is 0.743. The molecule has 0 aromatic heterocycles. The van der Waals surface area contributed by atoms with E-state index in [4.69, 9.17) is 4.74 Å². The smallest absolute Gasteiger partial charge is 0.194 e. The predicted octanol–water partition coefficient (Wildman–Crippen LogP) is 1.09. The molecule has 4 heteroatoms. The SMILES string of the molecule is COc1ccccc1CNC1=NCCN1C. The van der Waals surface area contributed by atoms with Crippen molar-refractivity contribution in [1.82, 2.24) is 10.2 Å². The Morgan fingerprint density at radius 3 is 2.94 bits per heavy atom. The minimum atomic E-state index is 0.743. The Hall–Kier alpha value is -1.71. The first-order valence-electron chi connectivity index (χ1n) is 5.42. The van der Waals surface area contributed by atoms with E-state index in [9.17, 15) is 0 Å². The van der Waals surface area contributed by atoms with Gasteiger partial charge >= 0.3 is 0 Å². The fraction of sp³-hybridized carbons (Fsp3) is 0.417. The summed E-state index contributed by atoms with van der Waals surface area (Å²) in [6.45, 7) is 2.62. The number of nitrogens with zero attached hydrogens (tertiary/aromatic N) is 2. The molecule has 1 aromatic rings. The number of methoxy groups -OCH3 is 1. The molecule has 0 amide bonds. The van der Waals surface area contributed by atoms with Gasteiger partial charge in [0.25, 0.3) is 0 Å². The monoisotopic (exact) mass is 219 g/mol. The molecule has 0 saturated heterocycles. The number of nitrogens with one attached hydrogen (secondary N) is 1. The summed E-state index contributed by atoms with van der Waals surface area (Å²) in [4.78, 5) is 6.50. The van der Waals surface area contributed by atoms with Crippen molar-refractivity contribution >= 4 is 5.96 Å². The van der Waals surface area contributed by atoms with Gasteiger partial charge in [-0.05, 0) is 6.07 Å². The second-order valence-corrected chi connectivity index (χ2v) is 3.79. The Labute approximate surface area is 95.9 Å². The lowest BCUT2D eigenvalue weighted by Crippen LogP contribution is -2.35. The second kappa shape index (κ2) is 4.88. The third kappa shape index (κ3) is 2.27. The largest absolute Gasteiger partial charge is 0.496 e. The maximum Gasteiger partial charge on any atom is 0.194 e. The molecule has 0 fully saturated rings. The van der Waals surface area contributed by atoms with Crippen LogP contribution in [0.25, 0.3) is 0 Å². The van der Waals surface area contributed by atoms with Gasteiger partial charge in [0.1, 0.15) is 5.75 Å². The molecule has 0 aliphatic carbocycles. The van der Waals surface area contributed by atoms with Gasteiger partial charge in [-0.1, -0.05) is 18.2 Å². The Balaban J connectivity index is 1.99. The van der Waals surface area contributed by atoms with Gasteiger partial charge in [0, 0.05) is 25.7 Å². The lowest BCUT2D eigenvalue weighted by Gasteiger charge is -2.16. The van der Waals surface area contributed by atoms with Crippen molar-refractivity contribution in [2.75, 3.05) is 27.2 Å². The maximum atomic E-state index is 5.29. The van der Waals surface area contributed by atoms with Crippen LogP contribution in [-0.4, -0.2) is 38.1 Å². The number of guanidine groups is 1. The molecule has 1 aromatic carbocycles. The van der Waals surface area contributed by atoms with Gasteiger partial charge in [-0.25, -0.2) is 0 Å². The van der Waals surface area contributed by atoms with E-state index in [1.165, 1.54) is 0 Å². The molecule has 0 unspecified atom stereocenters. The lowest BCUT2D eigenvalue weighted by molar-refractivity contribution is 0.408. The standard InChI is InChI=1S/C12H17N3O/c1-15-8-7-13-12(15)14-9-10-5-3-4-6-11(10)16-2/h3-6H,7-9H2,1-2H3,(H,13,14). The Bertz CT molecular complexity index is 390. The average molecular weight is 219 g/mol. The first-order valence-corrected chi connectivity index (χ1v) is 5.42. The highest BCUT2D eigenvalue weighted by Crippen LogP contribution is 2.16. The molecule has 0 radical (unpaired) electrons. The zero-order valence-corrected chi connectivity index (χ0v) is 9.73. The summed E-state index contributed by atoms with van der Waals surface area (Å²) in [5, 5.41) is 3.32. The lowest BCUT2D eigenvalue weighted by atomic mass is 10.2. The number of rotatable bonds is 3. The van der Waals surface area contributed by atoms with Crippen molar-refractivity contribution in [1.29, 1.82) is 0 Å². The summed E-state index contributed by atoms with van der Waals surface area (Å²) in [7, 11) is 3.74. The molecule has 4 nitrogen and oxygen atoms in total. The fourth-order valence-electron chi connectivity index (χ4n) is 1.75. The van der Waals surface area contributed by atoms with Crippen LogP contribution < -0.4 is 10.1 Å². The highest BCUT2D eigenvalue weighted by molar-refractivity contribution is 5.81. The summed E-state index contributed by atoms with van der Waals surface area (Å²) in [5.41, 5.74) is 1.15. The number of likely N-dealkylation sites (N-methyl/N-ethyl adjacent to an activating group) is 1. The van der Waals surface area contributed by atoms with Gasteiger partial charge in [-0.15, -0.1) is 0 Å². The van der Waals surface area contributed by atoms with E-state index in [1.807, 2.05) is 25.2 Å². The third-order valence-corrected chi connectivity index (χ3v) is 2.69. The maximum absolute atomic E-state index is 5.29. The topological polar surface area (TPSA) is 36.9 Å². The van der Waals surface area contributed by atoms with E-state index in [0.29, 0.717) is 0 Å². The number of aliphatic imine (C=N–C) groups is 1. The predicted molar refractivity (Wildman–Crippen MR) is 64.8 cm³/mol. The molecule has 16 heavy (non-hydrogen) atoms. The molecular weight excluding hydrogens is 202 g/mol. The van der Waals surface area contributed by atoms with Gasteiger partial charge < -0.3 is 15.0 Å². The van der Waals surface area contributed by atoms with E-state index in [1.54, 1.807) is 7.11 Å². The van der Waals surface area contributed by atoms with E-state index in [2.05, 4.69) is 21.3 Å². The minimum Gasteiger partial charge on any atom is -0.496 e. The summed E-state index contributed by atoms with van der Waals surface area (Å²) < 4.78 is 5.29. The van der Waals surface area contributed by atoms with Gasteiger partial charge in [0.2, 0.25) is 0 Å². The van der Waals surface area contributed by atoms with E-state index in [-0.39, 0.29) is 0 Å². The van der Waals surface area contributed by atoms with Crippen LogP contribution in [0.1, 0.15) is 5.56 Å². The number of ether oxygens (including phenoxy) is 1. The van der Waals surface area contributed by atoms with E-state index < -0.39 is 0 Å². The third-order valence-electron chi connectivity index (χ3n) is 2.69. The quantitative estimate of drug-likeness (QED) is 0.826. The van der Waals surface area contributed by atoms with Gasteiger partial charge in [0.05, 0.1) is 13.7 Å². The molecule has 0 bridgehead atoms. The van der Waals surface area contributed by atoms with Crippen molar-refractivity contribution in [2.45, 2.75) is 6.54 Å². The average Bonchev–Trinajstić information content (AvgIpc) is 2.72. The fourth-order valence-corrected chi connectivity index (χ4v) is 1.75. The molecule has 0 atom stereocenters. The first-order chi connectivity index (χ1) is 7.81. The van der Waals surface area contributed by atoms with E-state index >= 15 is 0 Å². The Morgan fingerprint density at radius 2 is 2.25 bits per heavy atom. The summed E-state index contributed by atoms with van der Waals surface area (Å²) in [5.74, 6) is 1.88. The first kappa shape index (κ1) is 10.8. The number of para-hydroxylation sites is 1. The molecule has 1 N–H and O–H groups in total. The van der Waals surface area contributed by atoms with Crippen LogP contribution >= 0.6 is 0 Å². The van der Waals surface area contributed by atoms with Crippen LogP contribution in [0.4, 0.5) is 0 Å². The van der Waals surface area contributed by atoms with Crippen molar-refractivity contribution in [3.63, 3.8) is 0 Å². The normalized spacial score (nSPS) is 14.9.